The fourth-order valence-electron chi connectivity index (χ4n) is 3.01. The van der Waals surface area contributed by atoms with Crippen LogP contribution >= 0.6 is 0 Å². The molecule has 114 valence electrons. The highest BCUT2D eigenvalue weighted by Crippen LogP contribution is 2.17. The molecule has 1 aliphatic heterocycles. The van der Waals surface area contributed by atoms with Gasteiger partial charge in [-0.15, -0.1) is 0 Å². The summed E-state index contributed by atoms with van der Waals surface area (Å²) < 4.78 is 5.71. The van der Waals surface area contributed by atoms with Crippen LogP contribution in [0, 0.1) is 11.8 Å². The van der Waals surface area contributed by atoms with Crippen molar-refractivity contribution in [2.45, 2.75) is 59.5 Å². The van der Waals surface area contributed by atoms with Crippen molar-refractivity contribution in [2.75, 3.05) is 32.8 Å². The molecule has 19 heavy (non-hydrogen) atoms. The maximum atomic E-state index is 5.71. The highest BCUT2D eigenvalue weighted by atomic mass is 16.5. The Morgan fingerprint density at radius 2 is 2.00 bits per heavy atom. The molecule has 0 bridgehead atoms. The van der Waals surface area contributed by atoms with Gasteiger partial charge in [-0.05, 0) is 44.7 Å². The number of hydrogen-bond donors (Lipinski definition) is 1. The molecule has 0 aliphatic carbocycles. The van der Waals surface area contributed by atoms with Crippen molar-refractivity contribution >= 4 is 0 Å². The minimum Gasteiger partial charge on any atom is -0.380 e. The lowest BCUT2D eigenvalue weighted by Crippen LogP contribution is -2.47. The summed E-state index contributed by atoms with van der Waals surface area (Å²) >= 11 is 0. The second-order valence-corrected chi connectivity index (χ2v) is 6.60. The Balaban J connectivity index is 2.60. The number of rotatable bonds is 7. The van der Waals surface area contributed by atoms with E-state index in [1.165, 1.54) is 25.9 Å². The van der Waals surface area contributed by atoms with Crippen molar-refractivity contribution < 1.29 is 4.74 Å². The minimum atomic E-state index is 0.564. The zero-order valence-corrected chi connectivity index (χ0v) is 13.6. The SMILES string of the molecule is CCOCC(C(C)C)N1CCCNC(CC(C)C)C1. The summed E-state index contributed by atoms with van der Waals surface area (Å²) in [5.41, 5.74) is 0. The lowest BCUT2D eigenvalue weighted by molar-refractivity contribution is 0.0424. The molecule has 0 aromatic heterocycles. The maximum absolute atomic E-state index is 5.71. The molecule has 0 amide bonds. The van der Waals surface area contributed by atoms with Crippen molar-refractivity contribution in [3.63, 3.8) is 0 Å². The molecule has 1 N–H and O–H groups in total. The Bertz CT molecular complexity index is 231. The Morgan fingerprint density at radius 1 is 1.26 bits per heavy atom. The highest BCUT2D eigenvalue weighted by molar-refractivity contribution is 4.83. The first-order valence-corrected chi connectivity index (χ1v) is 8.09. The summed E-state index contributed by atoms with van der Waals surface area (Å²) in [6.07, 6.45) is 2.53. The van der Waals surface area contributed by atoms with Crippen LogP contribution in [0.2, 0.25) is 0 Å². The van der Waals surface area contributed by atoms with Crippen molar-refractivity contribution in [1.82, 2.24) is 10.2 Å². The number of ether oxygens (including phenoxy) is 1. The van der Waals surface area contributed by atoms with Gasteiger partial charge in [0.2, 0.25) is 0 Å². The van der Waals surface area contributed by atoms with Crippen LogP contribution in [0.25, 0.3) is 0 Å². The molecule has 1 rings (SSSR count). The van der Waals surface area contributed by atoms with Gasteiger partial charge in [0.05, 0.1) is 6.61 Å². The fourth-order valence-corrected chi connectivity index (χ4v) is 3.01. The predicted octanol–water partition coefficient (Wildman–Crippen LogP) is 2.76. The van der Waals surface area contributed by atoms with Crippen LogP contribution in [0.4, 0.5) is 0 Å². The molecule has 2 atom stereocenters. The third-order valence-corrected chi connectivity index (χ3v) is 4.00. The van der Waals surface area contributed by atoms with Crippen LogP contribution < -0.4 is 5.32 Å². The summed E-state index contributed by atoms with van der Waals surface area (Å²) in [4.78, 5) is 2.66. The van der Waals surface area contributed by atoms with Crippen LogP contribution in [0.1, 0.15) is 47.5 Å². The van der Waals surface area contributed by atoms with Crippen molar-refractivity contribution in [3.05, 3.63) is 0 Å². The van der Waals surface area contributed by atoms with E-state index in [0.717, 1.165) is 25.7 Å². The van der Waals surface area contributed by atoms with Crippen LogP contribution in [-0.2, 0) is 4.74 Å². The van der Waals surface area contributed by atoms with Gasteiger partial charge in [-0.25, -0.2) is 0 Å². The lowest BCUT2D eigenvalue weighted by Gasteiger charge is -2.35. The molecule has 3 heteroatoms. The zero-order valence-electron chi connectivity index (χ0n) is 13.6. The molecule has 0 radical (unpaired) electrons. The maximum Gasteiger partial charge on any atom is 0.0624 e. The lowest BCUT2D eigenvalue weighted by atomic mass is 10.00. The van der Waals surface area contributed by atoms with E-state index >= 15 is 0 Å². The number of nitrogens with one attached hydrogen (secondary N) is 1. The predicted molar refractivity (Wildman–Crippen MR) is 82.6 cm³/mol. The fraction of sp³-hybridized carbons (Fsp3) is 1.00. The van der Waals surface area contributed by atoms with Gasteiger partial charge in [-0.2, -0.15) is 0 Å². The van der Waals surface area contributed by atoms with Crippen LogP contribution in [0.3, 0.4) is 0 Å². The van der Waals surface area contributed by atoms with E-state index in [4.69, 9.17) is 4.74 Å². The van der Waals surface area contributed by atoms with Gasteiger partial charge in [0.15, 0.2) is 0 Å². The molecule has 0 saturated carbocycles. The number of nitrogens with zero attached hydrogens (tertiary/aromatic N) is 1. The molecule has 0 aromatic carbocycles. The minimum absolute atomic E-state index is 0.564. The third-order valence-electron chi connectivity index (χ3n) is 4.00. The summed E-state index contributed by atoms with van der Waals surface area (Å²) in [6.45, 7) is 16.6. The Labute approximate surface area is 120 Å². The quantitative estimate of drug-likeness (QED) is 0.770. The first-order chi connectivity index (χ1) is 9.04. The number of hydrogen-bond acceptors (Lipinski definition) is 3. The average Bonchev–Trinajstić information content (AvgIpc) is 2.54. The van der Waals surface area contributed by atoms with Gasteiger partial charge in [-0.3, -0.25) is 4.90 Å². The molecule has 1 fully saturated rings. The highest BCUT2D eigenvalue weighted by Gasteiger charge is 2.26. The summed E-state index contributed by atoms with van der Waals surface area (Å²) in [7, 11) is 0. The van der Waals surface area contributed by atoms with Crippen molar-refractivity contribution in [3.8, 4) is 0 Å². The van der Waals surface area contributed by atoms with Crippen molar-refractivity contribution in [2.24, 2.45) is 11.8 Å². The largest absolute Gasteiger partial charge is 0.380 e. The third kappa shape index (κ3) is 6.24. The first-order valence-electron chi connectivity index (χ1n) is 8.09. The second-order valence-electron chi connectivity index (χ2n) is 6.60. The Hall–Kier alpha value is -0.120. The van der Waals surface area contributed by atoms with E-state index in [1.807, 2.05) is 0 Å². The van der Waals surface area contributed by atoms with Crippen molar-refractivity contribution in [1.29, 1.82) is 0 Å². The normalized spacial score (nSPS) is 23.8. The van der Waals surface area contributed by atoms with Gasteiger partial charge < -0.3 is 10.1 Å². The summed E-state index contributed by atoms with van der Waals surface area (Å²) in [5, 5.41) is 3.71. The topological polar surface area (TPSA) is 24.5 Å². The Kier molecular flexibility index (Phi) is 7.96. The molecular weight excluding hydrogens is 236 g/mol. The summed E-state index contributed by atoms with van der Waals surface area (Å²) in [5.74, 6) is 1.42. The van der Waals surface area contributed by atoms with Crippen LogP contribution in [0.15, 0.2) is 0 Å². The van der Waals surface area contributed by atoms with E-state index in [9.17, 15) is 0 Å². The van der Waals surface area contributed by atoms with Gasteiger partial charge in [0.1, 0.15) is 0 Å². The molecule has 1 heterocycles. The van der Waals surface area contributed by atoms with E-state index in [-0.39, 0.29) is 0 Å². The second kappa shape index (κ2) is 8.93. The molecule has 1 aliphatic rings. The molecule has 0 spiro atoms. The molecule has 1 saturated heterocycles. The van der Waals surface area contributed by atoms with Gasteiger partial charge in [0, 0.05) is 25.2 Å². The molecule has 2 unspecified atom stereocenters. The molecule has 0 aromatic rings. The van der Waals surface area contributed by atoms with Crippen LogP contribution in [0.5, 0.6) is 0 Å². The average molecular weight is 270 g/mol. The van der Waals surface area contributed by atoms with E-state index in [1.54, 1.807) is 0 Å². The zero-order chi connectivity index (χ0) is 14.3. The summed E-state index contributed by atoms with van der Waals surface area (Å²) in [6, 6.07) is 1.21. The monoisotopic (exact) mass is 270 g/mol. The van der Waals surface area contributed by atoms with Crippen LogP contribution in [-0.4, -0.2) is 49.8 Å². The smallest absolute Gasteiger partial charge is 0.0624 e. The van der Waals surface area contributed by atoms with Gasteiger partial charge >= 0.3 is 0 Å². The molecular formula is C16H34N2O. The molecule has 3 nitrogen and oxygen atoms in total. The van der Waals surface area contributed by atoms with E-state index in [2.05, 4.69) is 44.8 Å². The van der Waals surface area contributed by atoms with Gasteiger partial charge in [-0.1, -0.05) is 27.7 Å². The van der Waals surface area contributed by atoms with E-state index in [0.29, 0.717) is 18.0 Å². The van der Waals surface area contributed by atoms with E-state index < -0.39 is 0 Å². The van der Waals surface area contributed by atoms with Gasteiger partial charge in [0.25, 0.3) is 0 Å². The first kappa shape index (κ1) is 16.9. The Morgan fingerprint density at radius 3 is 2.58 bits per heavy atom. The standard InChI is InChI=1S/C16H34N2O/c1-6-19-12-16(14(4)5)18-9-7-8-17-15(11-18)10-13(2)3/h13-17H,6-12H2,1-5H3.